The van der Waals surface area contributed by atoms with Gasteiger partial charge in [-0.05, 0) is 0 Å². The molecule has 0 bridgehead atoms. The second-order valence-corrected chi connectivity index (χ2v) is 26.0. The van der Waals surface area contributed by atoms with Gasteiger partial charge in [0.1, 0.15) is 0 Å². The zero-order chi connectivity index (χ0) is 32.4. The van der Waals surface area contributed by atoms with Crippen molar-refractivity contribution in [3.8, 4) is 26.6 Å². The van der Waals surface area contributed by atoms with Crippen LogP contribution in [-0.4, -0.2) is 58.0 Å². The topological polar surface area (TPSA) is 0 Å². The van der Waals surface area contributed by atoms with Crippen LogP contribution in [0.4, 0.5) is 0 Å². The van der Waals surface area contributed by atoms with Gasteiger partial charge in [0.05, 0.1) is 0 Å². The zero-order valence-electron chi connectivity index (χ0n) is 28.4. The average Bonchev–Trinajstić information content (AvgIpc) is 3.85. The Balaban J connectivity index is 1.25. The molecule has 0 N–H and O–H groups in total. The van der Waals surface area contributed by atoms with Gasteiger partial charge in [-0.3, -0.25) is 0 Å². The first-order valence-electron chi connectivity index (χ1n) is 18.4. The van der Waals surface area contributed by atoms with Gasteiger partial charge in [0.25, 0.3) is 0 Å². The Labute approximate surface area is 322 Å². The predicted octanol–water partition coefficient (Wildman–Crippen LogP) is 13.4. The van der Waals surface area contributed by atoms with Crippen LogP contribution in [0, 0.1) is 0 Å². The average molecular weight is 1010 g/mol. The molecular weight excluding hydrogens is 956 g/mol. The fourth-order valence-electron chi connectivity index (χ4n) is 6.37. The molecule has 0 aliphatic heterocycles. The maximum absolute atomic E-state index is 3.90. The van der Waals surface area contributed by atoms with Crippen LogP contribution in [-0.2, 0) is 12.8 Å². The molecule has 0 spiro atoms. The van der Waals surface area contributed by atoms with Gasteiger partial charge in [-0.25, -0.2) is 0 Å². The van der Waals surface area contributed by atoms with Gasteiger partial charge in [-0.2, -0.15) is 0 Å². The summed E-state index contributed by atoms with van der Waals surface area (Å²) in [5.74, 6) is 0. The molecule has 4 aromatic rings. The second kappa shape index (κ2) is 23.4. The SMILES string of the molecule is CCCCCCCCCCCCc1cc(Br)[se]c1-c1ccc(-c2ccc(-c3[se]c(Br)cc3CCCCCCCCCCCC)[se]2)[se]1. The third-order valence-corrected chi connectivity index (χ3v) is 22.1. The molecule has 0 amide bonds. The quantitative estimate of drug-likeness (QED) is 0.0458. The number of rotatable bonds is 25. The normalized spacial score (nSPS) is 11.7. The third-order valence-electron chi connectivity index (χ3n) is 9.06. The summed E-state index contributed by atoms with van der Waals surface area (Å²) in [7, 11) is 0. The second-order valence-electron chi connectivity index (χ2n) is 13.0. The first kappa shape index (κ1) is 39.7. The van der Waals surface area contributed by atoms with E-state index in [9.17, 15) is 0 Å². The first-order chi connectivity index (χ1) is 22.6. The molecule has 4 heterocycles. The standard InChI is InChI=1S/C40H56Br2Se4/c1-3-5-7-9-11-13-15-17-19-21-23-31-29-37(41)45-39(31)35-27-25-33(43-35)34-26-28-36(44-34)40-32(30-38(42)46-40)24-22-20-18-16-14-12-10-8-6-4-2/h25-30H,3-24H2,1-2H3. The summed E-state index contributed by atoms with van der Waals surface area (Å²) in [5, 5.41) is 0. The molecule has 0 aliphatic carbocycles. The molecule has 0 aromatic carbocycles. The van der Waals surface area contributed by atoms with E-state index in [-0.39, 0.29) is 0 Å². The molecule has 0 aliphatic rings. The molecule has 0 atom stereocenters. The van der Waals surface area contributed by atoms with Crippen molar-refractivity contribution in [2.75, 3.05) is 0 Å². The summed E-state index contributed by atoms with van der Waals surface area (Å²) in [4.78, 5) is 0. The van der Waals surface area contributed by atoms with Gasteiger partial charge in [0, 0.05) is 0 Å². The monoisotopic (exact) mass is 1010 g/mol. The van der Waals surface area contributed by atoms with Crippen LogP contribution in [0.25, 0.3) is 26.6 Å². The van der Waals surface area contributed by atoms with Crippen LogP contribution in [0.2, 0.25) is 0 Å². The van der Waals surface area contributed by atoms with Crippen LogP contribution in [0.1, 0.15) is 153 Å². The zero-order valence-corrected chi connectivity index (χ0v) is 38.4. The van der Waals surface area contributed by atoms with Crippen LogP contribution < -0.4 is 0 Å². The molecule has 4 aromatic heterocycles. The van der Waals surface area contributed by atoms with Gasteiger partial charge >= 0.3 is 299 Å². The summed E-state index contributed by atoms with van der Waals surface area (Å²) >= 11 is 9.62. The molecule has 46 heavy (non-hydrogen) atoms. The Morgan fingerprint density at radius 3 is 1.04 bits per heavy atom. The number of hydrogen-bond acceptors (Lipinski definition) is 0. The van der Waals surface area contributed by atoms with Crippen LogP contribution in [0.15, 0.2) is 43.1 Å². The summed E-state index contributed by atoms with van der Waals surface area (Å²) < 4.78 is 12.9. The van der Waals surface area contributed by atoms with Crippen molar-refractivity contribution in [1.29, 1.82) is 0 Å². The Bertz CT molecular complexity index is 1270. The molecule has 254 valence electrons. The third kappa shape index (κ3) is 13.9. The van der Waals surface area contributed by atoms with E-state index in [0.29, 0.717) is 58.0 Å². The van der Waals surface area contributed by atoms with Gasteiger partial charge in [0.15, 0.2) is 0 Å². The van der Waals surface area contributed by atoms with Crippen molar-refractivity contribution in [3.05, 3.63) is 54.2 Å². The van der Waals surface area contributed by atoms with Crippen molar-refractivity contribution in [3.63, 3.8) is 0 Å². The van der Waals surface area contributed by atoms with Crippen molar-refractivity contribution < 1.29 is 0 Å². The molecular formula is C40H56Br2Se4. The van der Waals surface area contributed by atoms with E-state index < -0.39 is 0 Å². The molecule has 0 fully saturated rings. The minimum atomic E-state index is 0.454. The predicted molar refractivity (Wildman–Crippen MR) is 217 cm³/mol. The van der Waals surface area contributed by atoms with E-state index in [1.807, 2.05) is 0 Å². The van der Waals surface area contributed by atoms with Crippen molar-refractivity contribution >= 4 is 89.9 Å². The molecule has 0 unspecified atom stereocenters. The summed E-state index contributed by atoms with van der Waals surface area (Å²) in [6.45, 7) is 4.61. The van der Waals surface area contributed by atoms with Crippen molar-refractivity contribution in [2.24, 2.45) is 0 Å². The summed E-state index contributed by atoms with van der Waals surface area (Å²) in [5.41, 5.74) is 3.29. The Morgan fingerprint density at radius 1 is 0.391 bits per heavy atom. The van der Waals surface area contributed by atoms with E-state index in [1.54, 1.807) is 37.8 Å². The van der Waals surface area contributed by atoms with Crippen molar-refractivity contribution in [1.82, 2.24) is 0 Å². The minimum absolute atomic E-state index is 0.454. The van der Waals surface area contributed by atoms with Gasteiger partial charge in [-0.15, -0.1) is 0 Å². The Hall–Kier alpha value is 0.958. The Kier molecular flexibility index (Phi) is 20.2. The van der Waals surface area contributed by atoms with E-state index in [2.05, 4.69) is 82.1 Å². The van der Waals surface area contributed by atoms with Crippen molar-refractivity contribution in [2.45, 2.75) is 155 Å². The van der Waals surface area contributed by atoms with E-state index in [1.165, 1.54) is 148 Å². The van der Waals surface area contributed by atoms with Crippen LogP contribution in [0.3, 0.4) is 0 Å². The molecule has 0 saturated carbocycles. The number of halogens is 2. The fraction of sp³-hybridized carbons (Fsp3) is 0.600. The number of hydrogen-bond donors (Lipinski definition) is 0. The molecule has 0 nitrogen and oxygen atoms in total. The van der Waals surface area contributed by atoms with Gasteiger partial charge in [-0.1, -0.05) is 26.7 Å². The molecule has 0 saturated heterocycles. The van der Waals surface area contributed by atoms with Gasteiger partial charge < -0.3 is 0 Å². The van der Waals surface area contributed by atoms with Gasteiger partial charge in [0.2, 0.25) is 0 Å². The molecule has 0 radical (unpaired) electrons. The fourth-order valence-corrected chi connectivity index (χ4v) is 18.7. The summed E-state index contributed by atoms with van der Waals surface area (Å²) in [6.07, 6.45) is 30.8. The number of aryl methyl sites for hydroxylation is 2. The number of unbranched alkanes of at least 4 members (excludes halogenated alkanes) is 18. The maximum atomic E-state index is 3.90. The molecule has 4 rings (SSSR count). The van der Waals surface area contributed by atoms with Crippen LogP contribution in [0.5, 0.6) is 0 Å². The van der Waals surface area contributed by atoms with E-state index >= 15 is 0 Å². The van der Waals surface area contributed by atoms with E-state index in [0.717, 1.165) is 0 Å². The Morgan fingerprint density at radius 2 is 0.696 bits per heavy atom. The van der Waals surface area contributed by atoms with Crippen LogP contribution >= 0.6 is 31.9 Å². The molecule has 6 heteroatoms. The first-order valence-corrected chi connectivity index (χ1v) is 26.8. The van der Waals surface area contributed by atoms with E-state index in [4.69, 9.17) is 0 Å². The summed E-state index contributed by atoms with van der Waals surface area (Å²) in [6, 6.07) is 14.9.